The molecule has 1 fully saturated rings. The third kappa shape index (κ3) is 3.75. The molecule has 0 aromatic heterocycles. The van der Waals surface area contributed by atoms with Crippen LogP contribution in [0.5, 0.6) is 5.75 Å². The summed E-state index contributed by atoms with van der Waals surface area (Å²) >= 11 is 3.39. The molecule has 0 spiro atoms. The molecule has 0 radical (unpaired) electrons. The third-order valence-electron chi connectivity index (χ3n) is 4.08. The van der Waals surface area contributed by atoms with Gasteiger partial charge in [-0.05, 0) is 49.3 Å². The molecule has 0 heterocycles. The van der Waals surface area contributed by atoms with E-state index >= 15 is 0 Å². The van der Waals surface area contributed by atoms with Crippen LogP contribution < -0.4 is 10.1 Å². The Balaban J connectivity index is 2.02. The van der Waals surface area contributed by atoms with Crippen LogP contribution in [0.3, 0.4) is 0 Å². The molecule has 1 N–H and O–H groups in total. The number of hydrogen-bond donors (Lipinski definition) is 1. The lowest BCUT2D eigenvalue weighted by Crippen LogP contribution is -2.39. The molecule has 20 heavy (non-hydrogen) atoms. The predicted octanol–water partition coefficient (Wildman–Crippen LogP) is 4.16. The van der Waals surface area contributed by atoms with E-state index in [-0.39, 0.29) is 11.9 Å². The maximum atomic E-state index is 12.4. The van der Waals surface area contributed by atoms with Crippen molar-refractivity contribution >= 4 is 21.8 Å². The second-order valence-corrected chi connectivity index (χ2v) is 7.17. The number of amides is 1. The molecular formula is C16H22BrNO2. The largest absolute Gasteiger partial charge is 0.496 e. The summed E-state index contributed by atoms with van der Waals surface area (Å²) in [5.41, 5.74) is 1.01. The van der Waals surface area contributed by atoms with Gasteiger partial charge in [-0.1, -0.05) is 29.8 Å². The molecule has 1 aliphatic rings. The van der Waals surface area contributed by atoms with E-state index in [9.17, 15) is 4.79 Å². The van der Waals surface area contributed by atoms with Crippen molar-refractivity contribution in [1.82, 2.24) is 5.32 Å². The van der Waals surface area contributed by atoms with Crippen LogP contribution in [-0.4, -0.2) is 19.1 Å². The van der Waals surface area contributed by atoms with E-state index in [1.165, 1.54) is 0 Å². The van der Waals surface area contributed by atoms with Crippen molar-refractivity contribution < 1.29 is 9.53 Å². The number of halogens is 1. The highest BCUT2D eigenvalue weighted by Crippen LogP contribution is 2.35. The average Bonchev–Trinajstić information content (AvgIpc) is 2.40. The van der Waals surface area contributed by atoms with E-state index < -0.39 is 0 Å². The second-order valence-electron chi connectivity index (χ2n) is 6.26. The molecule has 1 aromatic carbocycles. The Kier molecular flexibility index (Phi) is 4.74. The monoisotopic (exact) mass is 339 g/mol. The van der Waals surface area contributed by atoms with Gasteiger partial charge in [0, 0.05) is 10.5 Å². The average molecular weight is 340 g/mol. The van der Waals surface area contributed by atoms with Crippen molar-refractivity contribution in [1.29, 1.82) is 0 Å². The zero-order chi connectivity index (χ0) is 14.8. The van der Waals surface area contributed by atoms with E-state index in [2.05, 4.69) is 35.1 Å². The number of benzene rings is 1. The summed E-state index contributed by atoms with van der Waals surface area (Å²) in [5.74, 6) is 0.562. The van der Waals surface area contributed by atoms with E-state index in [0.717, 1.165) is 30.2 Å². The third-order valence-corrected chi connectivity index (χ3v) is 4.58. The van der Waals surface area contributed by atoms with Crippen molar-refractivity contribution in [2.24, 2.45) is 5.41 Å². The molecule has 3 nitrogen and oxygen atoms in total. The van der Waals surface area contributed by atoms with Crippen LogP contribution in [0.4, 0.5) is 0 Å². The molecule has 0 bridgehead atoms. The lowest BCUT2D eigenvalue weighted by Gasteiger charge is -2.34. The molecule has 1 saturated carbocycles. The molecule has 0 atom stereocenters. The van der Waals surface area contributed by atoms with Crippen LogP contribution in [0.2, 0.25) is 0 Å². The lowest BCUT2D eigenvalue weighted by atomic mass is 9.75. The lowest BCUT2D eigenvalue weighted by molar-refractivity contribution is 0.0906. The Bertz CT molecular complexity index is 489. The molecule has 1 amide bonds. The summed E-state index contributed by atoms with van der Waals surface area (Å²) in [4.78, 5) is 12.4. The number of rotatable bonds is 3. The first-order valence-electron chi connectivity index (χ1n) is 7.06. The van der Waals surface area contributed by atoms with Gasteiger partial charge in [0.1, 0.15) is 5.75 Å². The van der Waals surface area contributed by atoms with E-state index in [1.54, 1.807) is 13.2 Å². The predicted molar refractivity (Wildman–Crippen MR) is 84.2 cm³/mol. The number of carbonyl (C=O) groups is 1. The molecule has 2 rings (SSSR count). The maximum absolute atomic E-state index is 12.4. The first-order valence-corrected chi connectivity index (χ1v) is 7.85. The molecule has 4 heteroatoms. The minimum absolute atomic E-state index is 0.0425. The molecule has 0 unspecified atom stereocenters. The van der Waals surface area contributed by atoms with Crippen LogP contribution in [0.15, 0.2) is 22.7 Å². The second kappa shape index (κ2) is 6.17. The summed E-state index contributed by atoms with van der Waals surface area (Å²) < 4.78 is 6.19. The van der Waals surface area contributed by atoms with Crippen molar-refractivity contribution in [3.05, 3.63) is 28.2 Å². The standard InChI is InChI=1S/C16H22BrNO2/c1-16(2)8-6-12(7-9-16)18-15(19)13-5-4-11(17)10-14(13)20-3/h4-5,10,12H,6-9H2,1-3H3,(H,18,19). The van der Waals surface area contributed by atoms with Crippen LogP contribution in [0.1, 0.15) is 49.9 Å². The van der Waals surface area contributed by atoms with Crippen molar-refractivity contribution in [3.8, 4) is 5.75 Å². The maximum Gasteiger partial charge on any atom is 0.255 e. The summed E-state index contributed by atoms with van der Waals surface area (Å²) in [7, 11) is 1.59. The SMILES string of the molecule is COc1cc(Br)ccc1C(=O)NC1CCC(C)(C)CC1. The molecule has 1 aliphatic carbocycles. The Hall–Kier alpha value is -1.03. The summed E-state index contributed by atoms with van der Waals surface area (Å²) in [6.45, 7) is 4.59. The fourth-order valence-electron chi connectivity index (χ4n) is 2.66. The minimum Gasteiger partial charge on any atom is -0.496 e. The van der Waals surface area contributed by atoms with Gasteiger partial charge in [0.25, 0.3) is 5.91 Å². The van der Waals surface area contributed by atoms with Gasteiger partial charge in [-0.15, -0.1) is 0 Å². The van der Waals surface area contributed by atoms with E-state index in [4.69, 9.17) is 4.74 Å². The van der Waals surface area contributed by atoms with Crippen molar-refractivity contribution in [2.75, 3.05) is 7.11 Å². The molecule has 1 aromatic rings. The zero-order valence-electron chi connectivity index (χ0n) is 12.3. The number of methoxy groups -OCH3 is 1. The topological polar surface area (TPSA) is 38.3 Å². The summed E-state index contributed by atoms with van der Waals surface area (Å²) in [6, 6.07) is 5.76. The van der Waals surface area contributed by atoms with Crippen LogP contribution in [-0.2, 0) is 0 Å². The van der Waals surface area contributed by atoms with Gasteiger partial charge >= 0.3 is 0 Å². The molecule has 0 saturated heterocycles. The quantitative estimate of drug-likeness (QED) is 0.897. The number of carbonyl (C=O) groups excluding carboxylic acids is 1. The number of ether oxygens (including phenoxy) is 1. The smallest absolute Gasteiger partial charge is 0.255 e. The highest BCUT2D eigenvalue weighted by atomic mass is 79.9. The van der Waals surface area contributed by atoms with Gasteiger partial charge in [-0.25, -0.2) is 0 Å². The minimum atomic E-state index is -0.0425. The van der Waals surface area contributed by atoms with E-state index in [1.807, 2.05) is 12.1 Å². The fraction of sp³-hybridized carbons (Fsp3) is 0.562. The van der Waals surface area contributed by atoms with Crippen LogP contribution in [0.25, 0.3) is 0 Å². The molecular weight excluding hydrogens is 318 g/mol. The Morgan fingerprint density at radius 3 is 2.60 bits per heavy atom. The summed E-state index contributed by atoms with van der Waals surface area (Å²) in [6.07, 6.45) is 4.43. The number of hydrogen-bond acceptors (Lipinski definition) is 2. The van der Waals surface area contributed by atoms with Gasteiger partial charge < -0.3 is 10.1 Å². The Morgan fingerprint density at radius 2 is 2.00 bits per heavy atom. The van der Waals surface area contributed by atoms with Crippen molar-refractivity contribution in [3.63, 3.8) is 0 Å². The van der Waals surface area contributed by atoms with Gasteiger partial charge in [-0.3, -0.25) is 4.79 Å². The first-order chi connectivity index (χ1) is 9.41. The zero-order valence-corrected chi connectivity index (χ0v) is 13.9. The fourth-order valence-corrected chi connectivity index (χ4v) is 3.00. The van der Waals surface area contributed by atoms with E-state index in [0.29, 0.717) is 16.7 Å². The molecule has 110 valence electrons. The van der Waals surface area contributed by atoms with Crippen LogP contribution in [0, 0.1) is 5.41 Å². The normalized spacial score (nSPS) is 18.6. The molecule has 0 aliphatic heterocycles. The Labute approximate surface area is 129 Å². The summed E-state index contributed by atoms with van der Waals surface area (Å²) in [5, 5.41) is 3.13. The van der Waals surface area contributed by atoms with Gasteiger partial charge in [0.05, 0.1) is 12.7 Å². The van der Waals surface area contributed by atoms with Gasteiger partial charge in [0.2, 0.25) is 0 Å². The highest BCUT2D eigenvalue weighted by Gasteiger charge is 2.28. The number of nitrogens with one attached hydrogen (secondary N) is 1. The van der Waals surface area contributed by atoms with Gasteiger partial charge in [0.15, 0.2) is 0 Å². The van der Waals surface area contributed by atoms with Crippen LogP contribution >= 0.6 is 15.9 Å². The highest BCUT2D eigenvalue weighted by molar-refractivity contribution is 9.10. The van der Waals surface area contributed by atoms with Crippen molar-refractivity contribution in [2.45, 2.75) is 45.6 Å². The first kappa shape index (κ1) is 15.4. The Morgan fingerprint density at radius 1 is 1.35 bits per heavy atom. The van der Waals surface area contributed by atoms with Gasteiger partial charge in [-0.2, -0.15) is 0 Å².